The monoisotopic (exact) mass is 264 g/mol. The highest BCUT2D eigenvalue weighted by Crippen LogP contribution is 2.29. The van der Waals surface area contributed by atoms with Crippen molar-refractivity contribution in [3.8, 4) is 5.75 Å². The van der Waals surface area contributed by atoms with Crippen molar-refractivity contribution in [3.63, 3.8) is 0 Å². The van der Waals surface area contributed by atoms with Crippen LogP contribution in [-0.2, 0) is 4.74 Å². The number of rotatable bonds is 3. The number of aromatic nitrogens is 2. The van der Waals surface area contributed by atoms with Gasteiger partial charge in [-0.05, 0) is 37.7 Å². The van der Waals surface area contributed by atoms with E-state index >= 15 is 0 Å². The molecule has 0 radical (unpaired) electrons. The van der Waals surface area contributed by atoms with Gasteiger partial charge in [0.1, 0.15) is 11.3 Å². The number of imidazole rings is 1. The maximum Gasteiger partial charge on any atom is 0.178 e. The third-order valence-corrected chi connectivity index (χ3v) is 3.58. The molecular formula is C13H16N2O2S. The van der Waals surface area contributed by atoms with E-state index in [1.165, 1.54) is 0 Å². The van der Waals surface area contributed by atoms with Crippen LogP contribution in [0.5, 0.6) is 5.75 Å². The summed E-state index contributed by atoms with van der Waals surface area (Å²) in [5.74, 6) is 0.860. The average molecular weight is 264 g/mol. The minimum atomic E-state index is 0.336. The number of ether oxygens (including phenoxy) is 2. The molecular weight excluding hydrogens is 248 g/mol. The lowest BCUT2D eigenvalue weighted by Crippen LogP contribution is -2.08. The molecule has 1 aliphatic rings. The van der Waals surface area contributed by atoms with Gasteiger partial charge in [-0.25, -0.2) is 0 Å². The first-order valence-corrected chi connectivity index (χ1v) is 6.66. The number of para-hydroxylation sites is 1. The van der Waals surface area contributed by atoms with Gasteiger partial charge in [0.15, 0.2) is 4.77 Å². The number of benzene rings is 1. The fourth-order valence-corrected chi connectivity index (χ4v) is 2.84. The average Bonchev–Trinajstić information content (AvgIpc) is 2.96. The zero-order valence-electron chi connectivity index (χ0n) is 10.3. The van der Waals surface area contributed by atoms with Crippen molar-refractivity contribution in [2.45, 2.75) is 19.4 Å². The van der Waals surface area contributed by atoms with E-state index in [0.717, 1.165) is 41.2 Å². The van der Waals surface area contributed by atoms with Crippen LogP contribution in [0.3, 0.4) is 0 Å². The molecule has 1 aliphatic heterocycles. The van der Waals surface area contributed by atoms with Crippen LogP contribution in [-0.4, -0.2) is 29.4 Å². The standard InChI is InChI=1S/C13H16N2O2S/c1-2-17-11-5-3-4-10-12(11)14-13(18)15(10)9-6-7-16-8-9/h3-5,9H,2,6-8H2,1H3,(H,14,18). The molecule has 0 spiro atoms. The molecule has 0 saturated carbocycles. The molecule has 18 heavy (non-hydrogen) atoms. The summed E-state index contributed by atoms with van der Waals surface area (Å²) in [6, 6.07) is 6.38. The highest BCUT2D eigenvalue weighted by atomic mass is 32.1. The smallest absolute Gasteiger partial charge is 0.178 e. The molecule has 0 aliphatic carbocycles. The molecule has 3 rings (SSSR count). The van der Waals surface area contributed by atoms with Gasteiger partial charge in [-0.1, -0.05) is 6.07 Å². The molecule has 1 fully saturated rings. The van der Waals surface area contributed by atoms with Crippen LogP contribution >= 0.6 is 12.2 Å². The highest BCUT2D eigenvalue weighted by molar-refractivity contribution is 7.71. The molecule has 1 atom stereocenters. The second kappa shape index (κ2) is 4.74. The van der Waals surface area contributed by atoms with Crippen LogP contribution in [0.4, 0.5) is 0 Å². The zero-order valence-corrected chi connectivity index (χ0v) is 11.1. The van der Waals surface area contributed by atoms with Gasteiger partial charge in [0.25, 0.3) is 0 Å². The summed E-state index contributed by atoms with van der Waals surface area (Å²) in [7, 11) is 0. The summed E-state index contributed by atoms with van der Waals surface area (Å²) in [5.41, 5.74) is 2.08. The van der Waals surface area contributed by atoms with Crippen molar-refractivity contribution in [1.29, 1.82) is 0 Å². The predicted octanol–water partition coefficient (Wildman–Crippen LogP) is 3.06. The lowest BCUT2D eigenvalue weighted by Gasteiger charge is -2.11. The molecule has 4 nitrogen and oxygen atoms in total. The van der Waals surface area contributed by atoms with E-state index in [0.29, 0.717) is 12.6 Å². The molecule has 1 aromatic carbocycles. The number of aromatic amines is 1. The van der Waals surface area contributed by atoms with Crippen molar-refractivity contribution in [2.24, 2.45) is 0 Å². The fourth-order valence-electron chi connectivity index (χ4n) is 2.49. The van der Waals surface area contributed by atoms with Gasteiger partial charge in [-0.15, -0.1) is 0 Å². The third kappa shape index (κ3) is 1.83. The molecule has 1 saturated heterocycles. The minimum Gasteiger partial charge on any atom is -0.492 e. The Balaban J connectivity index is 2.17. The van der Waals surface area contributed by atoms with Gasteiger partial charge in [-0.2, -0.15) is 0 Å². The van der Waals surface area contributed by atoms with Crippen molar-refractivity contribution >= 4 is 23.3 Å². The Bertz CT molecular complexity index is 611. The quantitative estimate of drug-likeness (QED) is 0.866. The van der Waals surface area contributed by atoms with Gasteiger partial charge in [0.05, 0.1) is 24.8 Å². The normalized spacial score (nSPS) is 19.5. The largest absolute Gasteiger partial charge is 0.492 e. The SMILES string of the molecule is CCOc1cccc2c1[nH]c(=S)n2C1CCOC1. The first-order chi connectivity index (χ1) is 8.81. The van der Waals surface area contributed by atoms with Crippen molar-refractivity contribution in [1.82, 2.24) is 9.55 Å². The second-order valence-corrected chi connectivity index (χ2v) is 4.79. The molecule has 2 aromatic rings. The maximum atomic E-state index is 5.63. The maximum absolute atomic E-state index is 5.63. The van der Waals surface area contributed by atoms with Crippen molar-refractivity contribution in [2.75, 3.05) is 19.8 Å². The summed E-state index contributed by atoms with van der Waals surface area (Å²) in [6.45, 7) is 4.18. The Hall–Kier alpha value is -1.33. The summed E-state index contributed by atoms with van der Waals surface area (Å²) >= 11 is 5.43. The molecule has 96 valence electrons. The highest BCUT2D eigenvalue weighted by Gasteiger charge is 2.21. The molecule has 2 heterocycles. The molecule has 5 heteroatoms. The molecule has 1 unspecified atom stereocenters. The van der Waals surface area contributed by atoms with Crippen molar-refractivity contribution < 1.29 is 9.47 Å². The van der Waals surface area contributed by atoms with Crippen LogP contribution < -0.4 is 4.74 Å². The Morgan fingerprint density at radius 1 is 1.56 bits per heavy atom. The molecule has 1 N–H and O–H groups in total. The van der Waals surface area contributed by atoms with E-state index in [1.807, 2.05) is 19.1 Å². The number of fused-ring (bicyclic) bond motifs is 1. The Kier molecular flexibility index (Phi) is 3.09. The van der Waals surface area contributed by atoms with Gasteiger partial charge in [0, 0.05) is 6.61 Å². The number of nitrogens with one attached hydrogen (secondary N) is 1. The summed E-state index contributed by atoms with van der Waals surface area (Å²) in [4.78, 5) is 3.25. The number of hydrogen-bond donors (Lipinski definition) is 1. The van der Waals surface area contributed by atoms with E-state index in [-0.39, 0.29) is 0 Å². The second-order valence-electron chi connectivity index (χ2n) is 4.40. The summed E-state index contributed by atoms with van der Waals surface area (Å²) < 4.78 is 14.0. The van der Waals surface area contributed by atoms with Gasteiger partial charge < -0.3 is 19.0 Å². The van der Waals surface area contributed by atoms with Crippen LogP contribution in [0.2, 0.25) is 0 Å². The van der Waals surface area contributed by atoms with Crippen LogP contribution in [0.15, 0.2) is 18.2 Å². The summed E-state index contributed by atoms with van der Waals surface area (Å²) in [6.07, 6.45) is 1.01. The van der Waals surface area contributed by atoms with Crippen molar-refractivity contribution in [3.05, 3.63) is 23.0 Å². The topological polar surface area (TPSA) is 39.2 Å². The van der Waals surface area contributed by atoms with Gasteiger partial charge in [0.2, 0.25) is 0 Å². The third-order valence-electron chi connectivity index (χ3n) is 3.29. The van der Waals surface area contributed by atoms with Crippen LogP contribution in [0, 0.1) is 4.77 Å². The fraction of sp³-hybridized carbons (Fsp3) is 0.462. The van der Waals surface area contributed by atoms with Crippen LogP contribution in [0.25, 0.3) is 11.0 Å². The lowest BCUT2D eigenvalue weighted by molar-refractivity contribution is 0.187. The van der Waals surface area contributed by atoms with E-state index in [4.69, 9.17) is 21.7 Å². The van der Waals surface area contributed by atoms with E-state index in [2.05, 4.69) is 15.6 Å². The molecule has 0 bridgehead atoms. The van der Waals surface area contributed by atoms with E-state index in [9.17, 15) is 0 Å². The van der Waals surface area contributed by atoms with Crippen LogP contribution in [0.1, 0.15) is 19.4 Å². The Labute approximate surface area is 111 Å². The lowest BCUT2D eigenvalue weighted by atomic mass is 10.2. The Morgan fingerprint density at radius 3 is 3.17 bits per heavy atom. The van der Waals surface area contributed by atoms with E-state index < -0.39 is 0 Å². The van der Waals surface area contributed by atoms with Gasteiger partial charge >= 0.3 is 0 Å². The van der Waals surface area contributed by atoms with E-state index in [1.54, 1.807) is 0 Å². The minimum absolute atomic E-state index is 0.336. The summed E-state index contributed by atoms with van der Waals surface area (Å²) in [5, 5.41) is 0. The number of hydrogen-bond acceptors (Lipinski definition) is 3. The first kappa shape index (κ1) is 11.7. The number of nitrogens with zero attached hydrogens (tertiary/aromatic N) is 1. The number of H-pyrrole nitrogens is 1. The van der Waals surface area contributed by atoms with Gasteiger partial charge in [-0.3, -0.25) is 0 Å². The Morgan fingerprint density at radius 2 is 2.44 bits per heavy atom. The molecule has 0 amide bonds. The first-order valence-electron chi connectivity index (χ1n) is 6.25. The zero-order chi connectivity index (χ0) is 12.5. The molecule has 1 aromatic heterocycles. The predicted molar refractivity (Wildman–Crippen MR) is 72.8 cm³/mol.